The van der Waals surface area contributed by atoms with Crippen molar-refractivity contribution in [2.45, 2.75) is 12.5 Å². The summed E-state index contributed by atoms with van der Waals surface area (Å²) >= 11 is 3.46. The second-order valence-corrected chi connectivity index (χ2v) is 6.51. The summed E-state index contributed by atoms with van der Waals surface area (Å²) in [6.45, 7) is 1.92. The number of hydrogen-bond acceptors (Lipinski definition) is 3. The fourth-order valence-corrected chi connectivity index (χ4v) is 3.08. The minimum atomic E-state index is 0.0182. The van der Waals surface area contributed by atoms with E-state index in [1.54, 1.807) is 4.90 Å². The highest BCUT2D eigenvalue weighted by Crippen LogP contribution is 2.24. The highest BCUT2D eigenvalue weighted by atomic mass is 79.9. The van der Waals surface area contributed by atoms with Gasteiger partial charge in [0, 0.05) is 24.1 Å². The summed E-state index contributed by atoms with van der Waals surface area (Å²) in [6.07, 6.45) is 1.01. The summed E-state index contributed by atoms with van der Waals surface area (Å²) in [5.74, 6) is 0.741. The highest BCUT2D eigenvalue weighted by Gasteiger charge is 2.23. The molecule has 1 aliphatic heterocycles. The van der Waals surface area contributed by atoms with Crippen LogP contribution in [0, 0.1) is 0 Å². The van der Waals surface area contributed by atoms with Crippen molar-refractivity contribution in [1.29, 1.82) is 0 Å². The summed E-state index contributed by atoms with van der Waals surface area (Å²) in [4.78, 5) is 14.0. The molecular weight excluding hydrogens is 344 g/mol. The van der Waals surface area contributed by atoms with Crippen LogP contribution in [0.1, 0.15) is 6.42 Å². The first-order valence-corrected chi connectivity index (χ1v) is 8.21. The van der Waals surface area contributed by atoms with Crippen molar-refractivity contribution >= 4 is 32.6 Å². The molecule has 1 amide bonds. The third-order valence-corrected chi connectivity index (χ3v) is 4.60. The molecule has 4 nitrogen and oxygen atoms in total. The second-order valence-electron chi connectivity index (χ2n) is 5.59. The molecule has 0 bridgehead atoms. The van der Waals surface area contributed by atoms with Gasteiger partial charge in [0.1, 0.15) is 5.75 Å². The van der Waals surface area contributed by atoms with Gasteiger partial charge in [-0.1, -0.05) is 28.1 Å². The molecule has 1 aliphatic rings. The molecule has 0 aliphatic carbocycles. The zero-order chi connectivity index (χ0) is 15.5. The molecule has 1 N–H and O–H groups in total. The fraction of sp³-hybridized carbons (Fsp3) is 0.353. The largest absolute Gasteiger partial charge is 0.484 e. The van der Waals surface area contributed by atoms with Crippen LogP contribution in [-0.2, 0) is 4.79 Å². The topological polar surface area (TPSA) is 41.6 Å². The van der Waals surface area contributed by atoms with Gasteiger partial charge in [0.2, 0.25) is 0 Å². The fourth-order valence-electron chi connectivity index (χ4n) is 2.70. The SMILES string of the molecule is CN(C(=O)COc1ccc2cc(Br)ccc2c1)C1CCNC1. The number of nitrogens with zero attached hydrogens (tertiary/aromatic N) is 1. The number of halogens is 1. The van der Waals surface area contributed by atoms with Crippen LogP contribution in [-0.4, -0.2) is 43.6 Å². The first-order chi connectivity index (χ1) is 10.6. The Morgan fingerprint density at radius 2 is 2.09 bits per heavy atom. The summed E-state index contributed by atoms with van der Waals surface area (Å²) < 4.78 is 6.72. The third kappa shape index (κ3) is 3.42. The Morgan fingerprint density at radius 1 is 1.32 bits per heavy atom. The molecule has 1 saturated heterocycles. The summed E-state index contributed by atoms with van der Waals surface area (Å²) in [6, 6.07) is 12.2. The van der Waals surface area contributed by atoms with Gasteiger partial charge in [0.25, 0.3) is 5.91 Å². The number of likely N-dealkylation sites (N-methyl/N-ethyl adjacent to an activating group) is 1. The van der Waals surface area contributed by atoms with E-state index in [9.17, 15) is 4.79 Å². The molecule has 0 radical (unpaired) electrons. The number of fused-ring (bicyclic) bond motifs is 1. The van der Waals surface area contributed by atoms with Gasteiger partial charge < -0.3 is 15.0 Å². The predicted octanol–water partition coefficient (Wildman–Crippen LogP) is 2.80. The molecule has 3 rings (SSSR count). The molecule has 1 atom stereocenters. The Hall–Kier alpha value is -1.59. The number of carbonyl (C=O) groups excluding carboxylic acids is 1. The maximum atomic E-state index is 12.2. The lowest BCUT2D eigenvalue weighted by atomic mass is 10.1. The molecular formula is C17H19BrN2O2. The number of amides is 1. The molecule has 22 heavy (non-hydrogen) atoms. The lowest BCUT2D eigenvalue weighted by Gasteiger charge is -2.23. The Kier molecular flexibility index (Phi) is 4.64. The van der Waals surface area contributed by atoms with Gasteiger partial charge in [-0.3, -0.25) is 4.79 Å². The van der Waals surface area contributed by atoms with Gasteiger partial charge in [-0.05, 0) is 48.0 Å². The van der Waals surface area contributed by atoms with Crippen LogP contribution < -0.4 is 10.1 Å². The van der Waals surface area contributed by atoms with Crippen LogP contribution in [0.15, 0.2) is 40.9 Å². The van der Waals surface area contributed by atoms with E-state index in [1.807, 2.05) is 37.4 Å². The van der Waals surface area contributed by atoms with Crippen molar-refractivity contribution in [3.8, 4) is 5.75 Å². The molecule has 116 valence electrons. The molecule has 0 saturated carbocycles. The van der Waals surface area contributed by atoms with Crippen LogP contribution in [0.3, 0.4) is 0 Å². The first-order valence-electron chi connectivity index (χ1n) is 7.42. The number of rotatable bonds is 4. The lowest BCUT2D eigenvalue weighted by Crippen LogP contribution is -2.40. The molecule has 5 heteroatoms. The van der Waals surface area contributed by atoms with E-state index in [4.69, 9.17) is 4.74 Å². The van der Waals surface area contributed by atoms with Crippen molar-refractivity contribution in [3.63, 3.8) is 0 Å². The molecule has 0 spiro atoms. The van der Waals surface area contributed by atoms with Crippen LogP contribution in [0.25, 0.3) is 10.8 Å². The Bertz CT molecular complexity index is 683. The number of benzene rings is 2. The molecule has 0 aromatic heterocycles. The second kappa shape index (κ2) is 6.67. The molecule has 1 fully saturated rings. The number of hydrogen-bond donors (Lipinski definition) is 1. The minimum absolute atomic E-state index is 0.0182. The maximum absolute atomic E-state index is 12.2. The van der Waals surface area contributed by atoms with E-state index in [1.165, 1.54) is 0 Å². The van der Waals surface area contributed by atoms with E-state index in [0.29, 0.717) is 0 Å². The van der Waals surface area contributed by atoms with Crippen LogP contribution in [0.2, 0.25) is 0 Å². The average molecular weight is 363 g/mol. The van der Waals surface area contributed by atoms with Crippen molar-refractivity contribution in [1.82, 2.24) is 10.2 Å². The quantitative estimate of drug-likeness (QED) is 0.908. The molecule has 1 unspecified atom stereocenters. The van der Waals surface area contributed by atoms with Crippen molar-refractivity contribution < 1.29 is 9.53 Å². The van der Waals surface area contributed by atoms with Gasteiger partial charge in [0.15, 0.2) is 6.61 Å². The average Bonchev–Trinajstić information content (AvgIpc) is 3.06. The Morgan fingerprint density at radius 3 is 2.86 bits per heavy atom. The summed E-state index contributed by atoms with van der Waals surface area (Å²) in [5, 5.41) is 5.51. The minimum Gasteiger partial charge on any atom is -0.484 e. The monoisotopic (exact) mass is 362 g/mol. The lowest BCUT2D eigenvalue weighted by molar-refractivity contribution is -0.133. The Labute approximate surface area is 138 Å². The van der Waals surface area contributed by atoms with Crippen LogP contribution in [0.5, 0.6) is 5.75 Å². The van der Waals surface area contributed by atoms with Crippen molar-refractivity contribution in [3.05, 3.63) is 40.9 Å². The summed E-state index contributed by atoms with van der Waals surface area (Å²) in [7, 11) is 1.85. The van der Waals surface area contributed by atoms with Crippen LogP contribution in [0.4, 0.5) is 0 Å². The maximum Gasteiger partial charge on any atom is 0.260 e. The van der Waals surface area contributed by atoms with E-state index >= 15 is 0 Å². The van der Waals surface area contributed by atoms with E-state index < -0.39 is 0 Å². The van der Waals surface area contributed by atoms with Crippen LogP contribution >= 0.6 is 15.9 Å². The normalized spacial score (nSPS) is 17.6. The van der Waals surface area contributed by atoms with Crippen molar-refractivity contribution in [2.75, 3.05) is 26.7 Å². The predicted molar refractivity (Wildman–Crippen MR) is 91.2 cm³/mol. The molecule has 2 aromatic carbocycles. The van der Waals surface area contributed by atoms with E-state index in [0.717, 1.165) is 40.5 Å². The summed E-state index contributed by atoms with van der Waals surface area (Å²) in [5.41, 5.74) is 0. The number of nitrogens with one attached hydrogen (secondary N) is 1. The van der Waals surface area contributed by atoms with Gasteiger partial charge in [-0.15, -0.1) is 0 Å². The zero-order valence-corrected chi connectivity index (χ0v) is 14.1. The highest BCUT2D eigenvalue weighted by molar-refractivity contribution is 9.10. The van der Waals surface area contributed by atoms with Gasteiger partial charge >= 0.3 is 0 Å². The van der Waals surface area contributed by atoms with Gasteiger partial charge in [-0.25, -0.2) is 0 Å². The smallest absolute Gasteiger partial charge is 0.260 e. The standard InChI is InChI=1S/C17H19BrN2O2/c1-20(15-6-7-19-10-15)17(21)11-22-16-5-3-12-8-14(18)4-2-13(12)9-16/h2-5,8-9,15,19H,6-7,10-11H2,1H3. The molecule has 2 aromatic rings. The van der Waals surface area contributed by atoms with E-state index in [2.05, 4.69) is 27.3 Å². The van der Waals surface area contributed by atoms with Gasteiger partial charge in [-0.2, -0.15) is 0 Å². The molecule has 1 heterocycles. The number of carbonyl (C=O) groups is 1. The first kappa shape index (κ1) is 15.3. The van der Waals surface area contributed by atoms with Gasteiger partial charge in [0.05, 0.1) is 0 Å². The van der Waals surface area contributed by atoms with E-state index in [-0.39, 0.29) is 18.6 Å². The number of ether oxygens (including phenoxy) is 1. The van der Waals surface area contributed by atoms with Crippen molar-refractivity contribution in [2.24, 2.45) is 0 Å². The zero-order valence-electron chi connectivity index (χ0n) is 12.5. The Balaban J connectivity index is 1.63. The third-order valence-electron chi connectivity index (χ3n) is 4.11.